The molecule has 0 unspecified atom stereocenters. The Hall–Kier alpha value is -2.55. The minimum atomic E-state index is -5.02. The molecule has 2 rings (SSSR count). The Morgan fingerprint density at radius 3 is 2.16 bits per heavy atom. The lowest BCUT2D eigenvalue weighted by molar-refractivity contribution is -0.167. The van der Waals surface area contributed by atoms with Crippen LogP contribution in [-0.4, -0.2) is 20.5 Å². The third-order valence-electron chi connectivity index (χ3n) is 3.53. The van der Waals surface area contributed by atoms with Crippen LogP contribution in [0.15, 0.2) is 47.4 Å². The lowest BCUT2D eigenvalue weighted by atomic mass is 10.1. The van der Waals surface area contributed by atoms with Gasteiger partial charge in [0.05, 0.1) is 10.6 Å². The summed E-state index contributed by atoms with van der Waals surface area (Å²) in [7, 11) is -3.91. The van der Waals surface area contributed by atoms with Crippen LogP contribution in [0.5, 0.6) is 0 Å². The molecular weight excluding hydrogens is 357 g/mol. The van der Waals surface area contributed by atoms with Crippen LogP contribution in [0.1, 0.15) is 11.1 Å². The van der Waals surface area contributed by atoms with Crippen molar-refractivity contribution >= 4 is 27.3 Å². The van der Waals surface area contributed by atoms with Crippen molar-refractivity contribution < 1.29 is 26.4 Å². The summed E-state index contributed by atoms with van der Waals surface area (Å²) in [5.74, 6) is -2.13. The number of sulfonamides is 1. The minimum absolute atomic E-state index is 0.140. The van der Waals surface area contributed by atoms with Gasteiger partial charge in [0.2, 0.25) is 0 Å². The maximum absolute atomic E-state index is 12.4. The van der Waals surface area contributed by atoms with Crippen LogP contribution in [0.2, 0.25) is 0 Å². The Morgan fingerprint density at radius 1 is 1.00 bits per heavy atom. The lowest BCUT2D eigenvalue weighted by Crippen LogP contribution is -2.29. The second-order valence-electron chi connectivity index (χ2n) is 5.33. The molecule has 0 atom stereocenters. The molecule has 9 heteroatoms. The number of alkyl halides is 3. The van der Waals surface area contributed by atoms with E-state index in [9.17, 15) is 26.4 Å². The fourth-order valence-electron chi connectivity index (χ4n) is 1.98. The average Bonchev–Trinajstić information content (AvgIpc) is 2.51. The van der Waals surface area contributed by atoms with Gasteiger partial charge in [-0.2, -0.15) is 13.2 Å². The number of hydrogen-bond acceptors (Lipinski definition) is 3. The maximum atomic E-state index is 12.4. The molecule has 0 radical (unpaired) electrons. The Morgan fingerprint density at radius 2 is 1.60 bits per heavy atom. The largest absolute Gasteiger partial charge is 0.471 e. The number of carbonyl (C=O) groups is 1. The molecule has 25 heavy (non-hydrogen) atoms. The Balaban J connectivity index is 2.20. The molecule has 0 aliphatic carbocycles. The van der Waals surface area contributed by atoms with Crippen LogP contribution >= 0.6 is 0 Å². The highest BCUT2D eigenvalue weighted by molar-refractivity contribution is 7.92. The van der Waals surface area contributed by atoms with E-state index in [1.165, 1.54) is 0 Å². The van der Waals surface area contributed by atoms with E-state index in [-0.39, 0.29) is 10.6 Å². The molecule has 0 aliphatic heterocycles. The highest BCUT2D eigenvalue weighted by atomic mass is 32.2. The zero-order valence-corrected chi connectivity index (χ0v) is 14.1. The molecule has 0 saturated heterocycles. The van der Waals surface area contributed by atoms with Gasteiger partial charge in [0.25, 0.3) is 10.0 Å². The van der Waals surface area contributed by atoms with Crippen molar-refractivity contribution in [2.24, 2.45) is 0 Å². The monoisotopic (exact) mass is 372 g/mol. The van der Waals surface area contributed by atoms with Crippen molar-refractivity contribution in [2.75, 3.05) is 10.0 Å². The molecule has 2 N–H and O–H groups in total. The third-order valence-corrected chi connectivity index (χ3v) is 4.91. The number of benzene rings is 2. The van der Waals surface area contributed by atoms with Gasteiger partial charge >= 0.3 is 12.1 Å². The van der Waals surface area contributed by atoms with E-state index < -0.39 is 22.1 Å². The number of anilines is 2. The second kappa shape index (κ2) is 6.75. The fraction of sp³-hybridized carbons (Fsp3) is 0.188. The molecule has 0 saturated carbocycles. The van der Waals surface area contributed by atoms with Gasteiger partial charge in [0.1, 0.15) is 0 Å². The summed E-state index contributed by atoms with van der Waals surface area (Å²) < 4.78 is 63.8. The summed E-state index contributed by atoms with van der Waals surface area (Å²) >= 11 is 0. The van der Waals surface area contributed by atoms with Crippen LogP contribution in [0.4, 0.5) is 24.5 Å². The zero-order chi connectivity index (χ0) is 18.8. The molecule has 0 bridgehead atoms. The standard InChI is InChI=1S/C16H15F3N2O3S/c1-10-4-3-5-14(11(10)2)21-25(23,24)13-8-6-12(7-9-13)20-15(22)16(17,18)19/h3-9,21H,1-2H3,(H,20,22). The van der Waals surface area contributed by atoms with Crippen molar-refractivity contribution in [1.82, 2.24) is 0 Å². The van der Waals surface area contributed by atoms with E-state index in [4.69, 9.17) is 0 Å². The topological polar surface area (TPSA) is 75.3 Å². The van der Waals surface area contributed by atoms with E-state index in [0.717, 1.165) is 35.4 Å². The molecule has 134 valence electrons. The van der Waals surface area contributed by atoms with Crippen molar-refractivity contribution in [1.29, 1.82) is 0 Å². The van der Waals surface area contributed by atoms with Crippen LogP contribution in [0.25, 0.3) is 0 Å². The normalized spacial score (nSPS) is 11.9. The maximum Gasteiger partial charge on any atom is 0.471 e. The number of nitrogens with one attached hydrogen (secondary N) is 2. The predicted octanol–water partition coefficient (Wildman–Crippen LogP) is 3.61. The number of amides is 1. The molecule has 5 nitrogen and oxygen atoms in total. The molecule has 0 spiro atoms. The Kier molecular flexibility index (Phi) is 5.07. The van der Waals surface area contributed by atoms with Gasteiger partial charge in [-0.1, -0.05) is 12.1 Å². The number of hydrogen-bond donors (Lipinski definition) is 2. The quantitative estimate of drug-likeness (QED) is 0.861. The Bertz CT molecular complexity index is 892. The van der Waals surface area contributed by atoms with Gasteiger partial charge in [-0.15, -0.1) is 0 Å². The summed E-state index contributed by atoms with van der Waals surface area (Å²) in [4.78, 5) is 10.7. The average molecular weight is 372 g/mol. The van der Waals surface area contributed by atoms with Gasteiger partial charge in [-0.25, -0.2) is 8.42 Å². The SMILES string of the molecule is Cc1cccc(NS(=O)(=O)c2ccc(NC(=O)C(F)(F)F)cc2)c1C. The first-order valence-corrected chi connectivity index (χ1v) is 8.56. The molecule has 0 heterocycles. The zero-order valence-electron chi connectivity index (χ0n) is 13.3. The second-order valence-corrected chi connectivity index (χ2v) is 7.01. The van der Waals surface area contributed by atoms with E-state index in [1.807, 2.05) is 13.0 Å². The lowest BCUT2D eigenvalue weighted by Gasteiger charge is -2.13. The molecule has 1 amide bonds. The van der Waals surface area contributed by atoms with Crippen LogP contribution < -0.4 is 10.0 Å². The van der Waals surface area contributed by atoms with Crippen molar-refractivity contribution in [3.05, 3.63) is 53.6 Å². The molecule has 2 aromatic carbocycles. The molecular formula is C16H15F3N2O3S. The Labute approximate surface area is 142 Å². The molecule has 0 aliphatic rings. The van der Waals surface area contributed by atoms with Crippen molar-refractivity contribution in [2.45, 2.75) is 24.9 Å². The molecule has 0 fully saturated rings. The van der Waals surface area contributed by atoms with E-state index in [2.05, 4.69) is 4.72 Å². The highest BCUT2D eigenvalue weighted by Gasteiger charge is 2.38. The van der Waals surface area contributed by atoms with Gasteiger partial charge in [-0.05, 0) is 55.3 Å². The van der Waals surface area contributed by atoms with E-state index >= 15 is 0 Å². The van der Waals surface area contributed by atoms with Gasteiger partial charge in [0.15, 0.2) is 0 Å². The summed E-state index contributed by atoms with van der Waals surface area (Å²) in [5, 5.41) is 1.65. The fourth-order valence-corrected chi connectivity index (χ4v) is 3.11. The third kappa shape index (κ3) is 4.50. The molecule has 2 aromatic rings. The predicted molar refractivity (Wildman–Crippen MR) is 87.9 cm³/mol. The first kappa shape index (κ1) is 18.8. The number of carbonyl (C=O) groups excluding carboxylic acids is 1. The van der Waals surface area contributed by atoms with Crippen molar-refractivity contribution in [3.8, 4) is 0 Å². The number of halogens is 3. The summed E-state index contributed by atoms with van der Waals surface area (Å²) in [6.07, 6.45) is -5.02. The van der Waals surface area contributed by atoms with Crippen LogP contribution in [0.3, 0.4) is 0 Å². The van der Waals surface area contributed by atoms with Gasteiger partial charge in [0, 0.05) is 5.69 Å². The first-order chi connectivity index (χ1) is 11.5. The first-order valence-electron chi connectivity index (χ1n) is 7.08. The number of aryl methyl sites for hydroxylation is 1. The summed E-state index contributed by atoms with van der Waals surface area (Å²) in [6, 6.07) is 9.54. The molecule has 0 aromatic heterocycles. The van der Waals surface area contributed by atoms with Crippen LogP contribution in [-0.2, 0) is 14.8 Å². The highest BCUT2D eigenvalue weighted by Crippen LogP contribution is 2.23. The summed E-state index contributed by atoms with van der Waals surface area (Å²) in [6.45, 7) is 3.61. The minimum Gasteiger partial charge on any atom is -0.318 e. The number of rotatable bonds is 4. The summed E-state index contributed by atoms with van der Waals surface area (Å²) in [5.41, 5.74) is 1.92. The van der Waals surface area contributed by atoms with Gasteiger partial charge < -0.3 is 5.32 Å². The van der Waals surface area contributed by atoms with E-state index in [1.54, 1.807) is 24.4 Å². The smallest absolute Gasteiger partial charge is 0.318 e. The van der Waals surface area contributed by atoms with Gasteiger partial charge in [-0.3, -0.25) is 9.52 Å². The van der Waals surface area contributed by atoms with Crippen LogP contribution in [0, 0.1) is 13.8 Å². The van der Waals surface area contributed by atoms with Crippen molar-refractivity contribution in [3.63, 3.8) is 0 Å². The van der Waals surface area contributed by atoms with E-state index in [0.29, 0.717) is 5.69 Å².